The maximum atomic E-state index is 13.5. The minimum absolute atomic E-state index is 0.0259. The van der Waals surface area contributed by atoms with Crippen LogP contribution in [0.2, 0.25) is 0 Å². The molecule has 0 aliphatic carbocycles. The Hall–Kier alpha value is -4.91. The van der Waals surface area contributed by atoms with Crippen LogP contribution in [-0.2, 0) is 36.9 Å². The van der Waals surface area contributed by atoms with Crippen molar-refractivity contribution in [1.82, 2.24) is 10.2 Å². The van der Waals surface area contributed by atoms with Gasteiger partial charge >= 0.3 is 12.1 Å². The van der Waals surface area contributed by atoms with Crippen LogP contribution < -0.4 is 15.4 Å². The van der Waals surface area contributed by atoms with Crippen molar-refractivity contribution in [1.29, 1.82) is 0 Å². The highest BCUT2D eigenvalue weighted by Crippen LogP contribution is 2.34. The van der Waals surface area contributed by atoms with Crippen molar-refractivity contribution >= 4 is 35.3 Å². The second-order valence-corrected chi connectivity index (χ2v) is 12.3. The second-order valence-electron chi connectivity index (χ2n) is 12.3. The summed E-state index contributed by atoms with van der Waals surface area (Å²) >= 11 is 0. The minimum Gasteiger partial charge on any atom is -0.504 e. The van der Waals surface area contributed by atoms with Crippen molar-refractivity contribution in [2.75, 3.05) is 32.2 Å². The molecule has 0 saturated carbocycles. The number of aromatic hydroxyl groups is 1. The van der Waals surface area contributed by atoms with E-state index in [9.17, 15) is 34.2 Å². The first-order valence-electron chi connectivity index (χ1n) is 16.3. The van der Waals surface area contributed by atoms with Crippen LogP contribution >= 0.6 is 0 Å². The van der Waals surface area contributed by atoms with E-state index < -0.39 is 35.8 Å². The first kappa shape index (κ1) is 38.5. The van der Waals surface area contributed by atoms with Crippen molar-refractivity contribution in [3.63, 3.8) is 0 Å². The quantitative estimate of drug-likeness (QED) is 0.149. The Morgan fingerprint density at radius 3 is 2.37 bits per heavy atom. The van der Waals surface area contributed by atoms with Crippen LogP contribution in [0.4, 0.5) is 10.5 Å². The topological polar surface area (TPSA) is 181 Å². The lowest BCUT2D eigenvalue weighted by molar-refractivity contribution is -0.146. The number of aliphatic hydroxyl groups excluding tert-OH is 1. The van der Waals surface area contributed by atoms with E-state index in [-0.39, 0.29) is 73.2 Å². The fourth-order valence-electron chi connectivity index (χ4n) is 5.45. The molecule has 0 radical (unpaired) electrons. The third kappa shape index (κ3) is 11.1. The number of nitrogens with zero attached hydrogens (tertiary/aromatic N) is 1. The first-order chi connectivity index (χ1) is 23.4. The number of phenolic OH excluding ortho intramolecular Hbond substituents is 1. The summed E-state index contributed by atoms with van der Waals surface area (Å²) in [6.07, 6.45) is 2.83. The molecule has 3 atom stereocenters. The molecule has 0 aromatic heterocycles. The van der Waals surface area contributed by atoms with Gasteiger partial charge in [0.05, 0.1) is 49.4 Å². The van der Waals surface area contributed by atoms with Crippen molar-refractivity contribution < 1.29 is 48.4 Å². The molecule has 13 heteroatoms. The molecule has 49 heavy (non-hydrogen) atoms. The number of likely N-dealkylation sites (tertiary alicyclic amines) is 1. The number of ether oxygens (including phenoxy) is 3. The van der Waals surface area contributed by atoms with Gasteiger partial charge in [-0.05, 0) is 49.3 Å². The van der Waals surface area contributed by atoms with Gasteiger partial charge in [-0.2, -0.15) is 0 Å². The molecule has 1 aliphatic rings. The third-order valence-electron chi connectivity index (χ3n) is 8.39. The Morgan fingerprint density at radius 2 is 1.73 bits per heavy atom. The number of piperidine rings is 1. The molecule has 0 bridgehead atoms. The molecule has 0 spiro atoms. The van der Waals surface area contributed by atoms with Gasteiger partial charge in [0, 0.05) is 19.0 Å². The number of carbonyl (C=O) groups excluding carboxylic acids is 5. The molecule has 13 nitrogen and oxygen atoms in total. The molecular weight excluding hydrogens is 634 g/mol. The molecule has 1 heterocycles. The number of phenols is 1. The fourth-order valence-corrected chi connectivity index (χ4v) is 5.45. The predicted octanol–water partition coefficient (Wildman–Crippen LogP) is 4.14. The molecular formula is C36H47N3O10. The number of amides is 3. The van der Waals surface area contributed by atoms with E-state index in [2.05, 4.69) is 17.2 Å². The molecule has 2 aromatic carbocycles. The zero-order chi connectivity index (χ0) is 36.1. The van der Waals surface area contributed by atoms with E-state index >= 15 is 0 Å². The lowest BCUT2D eigenvalue weighted by Gasteiger charge is -2.35. The summed E-state index contributed by atoms with van der Waals surface area (Å²) in [7, 11) is 1.35. The summed E-state index contributed by atoms with van der Waals surface area (Å²) in [6, 6.07) is 8.22. The number of rotatable bonds is 16. The molecule has 3 amide bonds. The molecule has 3 rings (SSSR count). The number of esters is 1. The van der Waals surface area contributed by atoms with Gasteiger partial charge in [0.1, 0.15) is 13.2 Å². The van der Waals surface area contributed by atoms with Crippen LogP contribution in [0.3, 0.4) is 0 Å². The van der Waals surface area contributed by atoms with Crippen molar-refractivity contribution in [2.45, 2.75) is 71.6 Å². The highest BCUT2D eigenvalue weighted by Gasteiger charge is 2.30. The largest absolute Gasteiger partial charge is 0.504 e. The number of carbonyl (C=O) groups is 5. The normalized spacial score (nSPS) is 15.5. The number of ketones is 1. The van der Waals surface area contributed by atoms with Crippen molar-refractivity contribution in [3.8, 4) is 11.5 Å². The van der Waals surface area contributed by atoms with Crippen LogP contribution in [0.15, 0.2) is 49.1 Å². The highest BCUT2D eigenvalue weighted by molar-refractivity contribution is 6.03. The van der Waals surface area contributed by atoms with Gasteiger partial charge in [-0.3, -0.25) is 24.5 Å². The smallest absolute Gasteiger partial charge is 0.411 e. The number of anilines is 1. The number of nitrogens with one attached hydrogen (secondary N) is 2. The Labute approximate surface area is 286 Å². The summed E-state index contributed by atoms with van der Waals surface area (Å²) in [6.45, 7) is 8.91. The van der Waals surface area contributed by atoms with Crippen LogP contribution in [0, 0.1) is 11.8 Å². The number of hydrogen-bond donors (Lipinski definition) is 4. The molecule has 2 aromatic rings. The Kier molecular flexibility index (Phi) is 14.6. The lowest BCUT2D eigenvalue weighted by Crippen LogP contribution is -2.45. The molecule has 266 valence electrons. The number of aliphatic hydroxyl groups is 1. The Morgan fingerprint density at radius 1 is 1.04 bits per heavy atom. The van der Waals surface area contributed by atoms with E-state index in [0.29, 0.717) is 24.1 Å². The molecule has 1 fully saturated rings. The van der Waals surface area contributed by atoms with E-state index in [1.54, 1.807) is 36.1 Å². The fraction of sp³-hybridized carbons (Fsp3) is 0.472. The highest BCUT2D eigenvalue weighted by atomic mass is 16.5. The van der Waals surface area contributed by atoms with Gasteiger partial charge < -0.3 is 34.6 Å². The summed E-state index contributed by atoms with van der Waals surface area (Å²) in [5, 5.41) is 25.4. The van der Waals surface area contributed by atoms with Crippen molar-refractivity contribution in [3.05, 3.63) is 65.7 Å². The average molecular weight is 682 g/mol. The summed E-state index contributed by atoms with van der Waals surface area (Å²) in [4.78, 5) is 65.6. The number of Topliss-reactive ketones (excluding diaryl/α,β-unsaturated/α-hetero) is 1. The zero-order valence-electron chi connectivity index (χ0n) is 28.5. The van der Waals surface area contributed by atoms with Gasteiger partial charge in [0.15, 0.2) is 17.3 Å². The van der Waals surface area contributed by atoms with Gasteiger partial charge in [-0.1, -0.05) is 50.8 Å². The lowest BCUT2D eigenvalue weighted by atomic mass is 9.91. The summed E-state index contributed by atoms with van der Waals surface area (Å²) in [5.41, 5.74) is 1.42. The number of benzene rings is 2. The minimum atomic E-state index is -0.867. The van der Waals surface area contributed by atoms with Crippen molar-refractivity contribution in [2.24, 2.45) is 11.8 Å². The van der Waals surface area contributed by atoms with E-state index in [4.69, 9.17) is 14.2 Å². The zero-order valence-corrected chi connectivity index (χ0v) is 28.5. The maximum Gasteiger partial charge on any atom is 0.411 e. The van der Waals surface area contributed by atoms with Crippen LogP contribution in [0.1, 0.15) is 67.9 Å². The predicted molar refractivity (Wildman–Crippen MR) is 181 cm³/mol. The monoisotopic (exact) mass is 681 g/mol. The van der Waals surface area contributed by atoms with Gasteiger partial charge in [0.2, 0.25) is 5.91 Å². The van der Waals surface area contributed by atoms with E-state index in [1.807, 2.05) is 13.8 Å². The van der Waals surface area contributed by atoms with Gasteiger partial charge in [-0.25, -0.2) is 4.79 Å². The SMILES string of the molecule is C=CCOC(=O)C[C@H](C(=O)N[C@@H](C)C(=O)Cc1ccc(COC(=O)Nc2cc(O)c(OC)cc2C(=O)N2CCCC[C@H]2CO)cc1)C(C)C. The summed E-state index contributed by atoms with van der Waals surface area (Å²) < 4.78 is 15.5. The third-order valence-corrected chi connectivity index (χ3v) is 8.39. The molecule has 4 N–H and O–H groups in total. The molecule has 0 unspecified atom stereocenters. The first-order valence-corrected chi connectivity index (χ1v) is 16.3. The molecule has 1 saturated heterocycles. The molecule has 1 aliphatic heterocycles. The van der Waals surface area contributed by atoms with E-state index in [0.717, 1.165) is 12.8 Å². The second kappa shape index (κ2) is 18.6. The van der Waals surface area contributed by atoms with Crippen LogP contribution in [0.5, 0.6) is 11.5 Å². The maximum absolute atomic E-state index is 13.5. The standard InChI is InChI=1S/C36H47N3O10/c1-6-15-48-33(43)18-27(22(2)3)34(44)37-23(4)30(41)16-24-10-12-25(13-11-24)21-49-36(46)38-29-19-31(42)32(47-5)17-28(29)35(45)39-14-8-7-9-26(39)20-40/h6,10-13,17,19,22-23,26-27,40,42H,1,7-9,14-16,18,20-21H2,2-5H3,(H,37,44)(H,38,46)/t23-,26-,27-/m0/s1. The van der Waals surface area contributed by atoms with Crippen LogP contribution in [-0.4, -0.2) is 83.7 Å². The average Bonchev–Trinajstić information content (AvgIpc) is 3.08. The Balaban J connectivity index is 1.57. The van der Waals surface area contributed by atoms with Crippen LogP contribution in [0.25, 0.3) is 0 Å². The number of methoxy groups -OCH3 is 1. The van der Waals surface area contributed by atoms with Gasteiger partial charge in [-0.15, -0.1) is 0 Å². The van der Waals surface area contributed by atoms with E-state index in [1.165, 1.54) is 25.3 Å². The Bertz CT molecular complexity index is 1490. The van der Waals surface area contributed by atoms with Gasteiger partial charge in [0.25, 0.3) is 5.91 Å². The summed E-state index contributed by atoms with van der Waals surface area (Å²) in [5.74, 6) is -2.60. The number of hydrogen-bond acceptors (Lipinski definition) is 10.